The molecule has 0 unspecified atom stereocenters. The van der Waals surface area contributed by atoms with E-state index in [-0.39, 0.29) is 29.5 Å². The Hall–Kier alpha value is -4.34. The van der Waals surface area contributed by atoms with Crippen LogP contribution < -0.4 is 14.4 Å². The van der Waals surface area contributed by atoms with Crippen molar-refractivity contribution in [2.24, 2.45) is 0 Å². The first kappa shape index (κ1) is 30.6. The van der Waals surface area contributed by atoms with Crippen LogP contribution in [0.1, 0.15) is 11.1 Å². The van der Waals surface area contributed by atoms with Crippen molar-refractivity contribution in [3.63, 3.8) is 0 Å². The highest BCUT2D eigenvalue weighted by atomic mass is 35.5. The van der Waals surface area contributed by atoms with Crippen molar-refractivity contribution in [2.75, 3.05) is 25.0 Å². The van der Waals surface area contributed by atoms with Crippen LogP contribution in [0.15, 0.2) is 114 Å². The molecule has 0 saturated carbocycles. The molecular weight excluding hydrogens is 574 g/mol. The largest absolute Gasteiger partial charge is 0.497 e. The topological polar surface area (TPSA) is 96.0 Å². The van der Waals surface area contributed by atoms with Crippen LogP contribution in [-0.4, -0.2) is 51.9 Å². The Bertz CT molecular complexity index is 1600. The van der Waals surface area contributed by atoms with E-state index in [1.54, 1.807) is 18.2 Å². The standard InChI is InChI=1S/C32H32ClN3O5S/c1-34-32(38)30(20-24-10-5-3-6-11-24)35(22-25-12-7-4-8-13-25)31(37)23-36(27-15-9-14-26(33)21-27)42(39,40)29-18-16-28(41-2)17-19-29/h3-19,21,30H,20,22-23H2,1-2H3,(H,34,38)/t30-/m1/s1. The number of nitrogens with one attached hydrogen (secondary N) is 1. The number of hydrogen-bond acceptors (Lipinski definition) is 5. The third kappa shape index (κ3) is 7.48. The van der Waals surface area contributed by atoms with Crippen LogP contribution in [0.25, 0.3) is 0 Å². The molecule has 4 aromatic carbocycles. The number of amides is 2. The molecule has 0 saturated heterocycles. The molecule has 4 rings (SSSR count). The predicted molar refractivity (Wildman–Crippen MR) is 164 cm³/mol. The Balaban J connectivity index is 1.77. The fraction of sp³-hybridized carbons (Fsp3) is 0.188. The van der Waals surface area contributed by atoms with Crippen molar-refractivity contribution in [1.29, 1.82) is 0 Å². The first-order valence-corrected chi connectivity index (χ1v) is 15.1. The van der Waals surface area contributed by atoms with Crippen LogP contribution in [-0.2, 0) is 32.6 Å². The summed E-state index contributed by atoms with van der Waals surface area (Å²) in [6.45, 7) is -0.472. The highest BCUT2D eigenvalue weighted by molar-refractivity contribution is 7.92. The minimum Gasteiger partial charge on any atom is -0.497 e. The predicted octanol–water partition coefficient (Wildman–Crippen LogP) is 4.93. The van der Waals surface area contributed by atoms with Gasteiger partial charge in [-0.25, -0.2) is 8.42 Å². The number of ether oxygens (including phenoxy) is 1. The molecule has 218 valence electrons. The van der Waals surface area contributed by atoms with Crippen LogP contribution >= 0.6 is 11.6 Å². The zero-order valence-corrected chi connectivity index (χ0v) is 24.9. The molecule has 0 heterocycles. The summed E-state index contributed by atoms with van der Waals surface area (Å²) >= 11 is 6.25. The van der Waals surface area contributed by atoms with Crippen molar-refractivity contribution in [3.8, 4) is 5.75 Å². The van der Waals surface area contributed by atoms with Crippen molar-refractivity contribution in [2.45, 2.75) is 23.9 Å². The molecule has 1 N–H and O–H groups in total. The minimum absolute atomic E-state index is 0.0298. The van der Waals surface area contributed by atoms with Crippen molar-refractivity contribution in [3.05, 3.63) is 125 Å². The number of carbonyl (C=O) groups excluding carboxylic acids is 2. The smallest absolute Gasteiger partial charge is 0.264 e. The molecule has 10 heteroatoms. The number of carbonyl (C=O) groups is 2. The maximum Gasteiger partial charge on any atom is 0.264 e. The van der Waals surface area contributed by atoms with Crippen LogP contribution in [0.4, 0.5) is 5.69 Å². The second kappa shape index (κ2) is 14.0. The molecule has 0 bridgehead atoms. The zero-order valence-electron chi connectivity index (χ0n) is 23.3. The average molecular weight is 606 g/mol. The number of hydrogen-bond donors (Lipinski definition) is 1. The van der Waals surface area contributed by atoms with E-state index in [4.69, 9.17) is 16.3 Å². The quantitative estimate of drug-likeness (QED) is 0.247. The number of sulfonamides is 1. The highest BCUT2D eigenvalue weighted by Gasteiger charge is 2.34. The summed E-state index contributed by atoms with van der Waals surface area (Å²) in [5.74, 6) is -0.432. The second-order valence-corrected chi connectivity index (χ2v) is 11.8. The molecule has 0 aliphatic heterocycles. The summed E-state index contributed by atoms with van der Waals surface area (Å²) in [7, 11) is -1.24. The van der Waals surface area contributed by atoms with Crippen LogP contribution in [0, 0.1) is 0 Å². The van der Waals surface area contributed by atoms with Gasteiger partial charge in [-0.15, -0.1) is 0 Å². The van der Waals surface area contributed by atoms with Gasteiger partial charge in [-0.3, -0.25) is 13.9 Å². The molecule has 0 aromatic heterocycles. The fourth-order valence-electron chi connectivity index (χ4n) is 4.54. The van der Waals surface area contributed by atoms with Gasteiger partial charge in [0.05, 0.1) is 17.7 Å². The van der Waals surface area contributed by atoms with Crippen molar-refractivity contribution in [1.82, 2.24) is 10.2 Å². The molecule has 42 heavy (non-hydrogen) atoms. The van der Waals surface area contributed by atoms with Crippen LogP contribution in [0.5, 0.6) is 5.75 Å². The Morgan fingerprint density at radius 3 is 2.05 bits per heavy atom. The highest BCUT2D eigenvalue weighted by Crippen LogP contribution is 2.28. The van der Waals surface area contributed by atoms with E-state index in [1.807, 2.05) is 60.7 Å². The lowest BCUT2D eigenvalue weighted by atomic mass is 10.0. The summed E-state index contributed by atoms with van der Waals surface area (Å²) in [4.78, 5) is 28.9. The molecule has 0 radical (unpaired) electrons. The molecule has 0 spiro atoms. The maximum atomic E-state index is 14.2. The second-order valence-electron chi connectivity index (χ2n) is 9.49. The van der Waals surface area contributed by atoms with Gasteiger partial charge in [0.25, 0.3) is 10.0 Å². The Morgan fingerprint density at radius 1 is 0.857 bits per heavy atom. The van der Waals surface area contributed by atoms with Crippen LogP contribution in [0.2, 0.25) is 5.02 Å². The van der Waals surface area contributed by atoms with Gasteiger partial charge in [0, 0.05) is 25.0 Å². The summed E-state index contributed by atoms with van der Waals surface area (Å²) in [6, 6.07) is 29.9. The Labute approximate surface area is 251 Å². The Kier molecular flexibility index (Phi) is 10.2. The third-order valence-electron chi connectivity index (χ3n) is 6.74. The number of nitrogens with zero attached hydrogens (tertiary/aromatic N) is 2. The van der Waals surface area contributed by atoms with Gasteiger partial charge in [0.2, 0.25) is 11.8 Å². The van der Waals surface area contributed by atoms with Gasteiger partial charge in [-0.1, -0.05) is 78.3 Å². The summed E-state index contributed by atoms with van der Waals surface area (Å²) in [5.41, 5.74) is 1.86. The van der Waals surface area contributed by atoms with E-state index in [0.29, 0.717) is 10.8 Å². The lowest BCUT2D eigenvalue weighted by Gasteiger charge is -2.33. The van der Waals surface area contributed by atoms with E-state index < -0.39 is 28.5 Å². The maximum absolute atomic E-state index is 14.2. The van der Waals surface area contributed by atoms with Gasteiger partial charge in [-0.2, -0.15) is 0 Å². The van der Waals surface area contributed by atoms with E-state index in [9.17, 15) is 18.0 Å². The first-order chi connectivity index (χ1) is 20.2. The number of halogens is 1. The minimum atomic E-state index is -4.24. The SMILES string of the molecule is CNC(=O)[C@@H](Cc1ccccc1)N(Cc1ccccc1)C(=O)CN(c1cccc(Cl)c1)S(=O)(=O)c1ccc(OC)cc1. The van der Waals surface area contributed by atoms with Gasteiger partial charge < -0.3 is 15.0 Å². The molecule has 4 aromatic rings. The molecule has 0 aliphatic rings. The zero-order chi connectivity index (χ0) is 30.1. The van der Waals surface area contributed by atoms with Gasteiger partial charge >= 0.3 is 0 Å². The summed E-state index contributed by atoms with van der Waals surface area (Å²) in [6.07, 6.45) is 0.238. The lowest BCUT2D eigenvalue weighted by molar-refractivity contribution is -0.139. The molecule has 1 atom stereocenters. The monoisotopic (exact) mass is 605 g/mol. The molecular formula is C32H32ClN3O5S. The Morgan fingerprint density at radius 2 is 1.48 bits per heavy atom. The normalized spacial score (nSPS) is 11.8. The molecule has 0 aliphatic carbocycles. The first-order valence-electron chi connectivity index (χ1n) is 13.2. The van der Waals surface area contributed by atoms with Crippen LogP contribution in [0.3, 0.4) is 0 Å². The van der Waals surface area contributed by atoms with E-state index in [1.165, 1.54) is 49.4 Å². The van der Waals surface area contributed by atoms with Gasteiger partial charge in [0.15, 0.2) is 0 Å². The van der Waals surface area contributed by atoms with E-state index in [2.05, 4.69) is 5.32 Å². The number of benzene rings is 4. The van der Waals surface area contributed by atoms with Gasteiger partial charge in [-0.05, 0) is 53.6 Å². The summed E-state index contributed by atoms with van der Waals surface area (Å²) < 4.78 is 34.2. The summed E-state index contributed by atoms with van der Waals surface area (Å²) in [5, 5.41) is 2.98. The van der Waals surface area contributed by atoms with Crippen molar-refractivity contribution >= 4 is 39.1 Å². The number of methoxy groups -OCH3 is 1. The molecule has 2 amide bonds. The molecule has 0 fully saturated rings. The number of likely N-dealkylation sites (N-methyl/N-ethyl adjacent to an activating group) is 1. The van der Waals surface area contributed by atoms with Gasteiger partial charge in [0.1, 0.15) is 18.3 Å². The van der Waals surface area contributed by atoms with E-state index >= 15 is 0 Å². The lowest BCUT2D eigenvalue weighted by Crippen LogP contribution is -2.53. The molecule has 8 nitrogen and oxygen atoms in total. The van der Waals surface area contributed by atoms with E-state index in [0.717, 1.165) is 15.4 Å². The average Bonchev–Trinajstić information content (AvgIpc) is 3.02. The number of anilines is 1. The van der Waals surface area contributed by atoms with Crippen molar-refractivity contribution < 1.29 is 22.7 Å². The third-order valence-corrected chi connectivity index (χ3v) is 8.76. The number of rotatable bonds is 12. The fourth-order valence-corrected chi connectivity index (χ4v) is 6.13.